The molecule has 7 unspecified atom stereocenters. The number of aliphatic hydroxyl groups is 2. The zero-order valence-corrected chi connectivity index (χ0v) is 19.9. The minimum Gasteiger partial charge on any atom is -0.393 e. The van der Waals surface area contributed by atoms with Crippen molar-refractivity contribution in [1.29, 1.82) is 0 Å². The highest BCUT2D eigenvalue weighted by atomic mass is 16.3. The molecule has 0 bridgehead atoms. The Bertz CT molecular complexity index is 696. The van der Waals surface area contributed by atoms with Crippen LogP contribution < -0.4 is 0 Å². The summed E-state index contributed by atoms with van der Waals surface area (Å²) in [5.41, 5.74) is 1.04. The van der Waals surface area contributed by atoms with E-state index in [1.165, 1.54) is 25.7 Å². The van der Waals surface area contributed by atoms with Crippen molar-refractivity contribution in [3.8, 4) is 0 Å². The number of ketones is 1. The molecule has 9 atom stereocenters. The molecule has 170 valence electrons. The monoisotopic (exact) mass is 416 g/mol. The summed E-state index contributed by atoms with van der Waals surface area (Å²) in [7, 11) is 0. The number of hydrogen-bond acceptors (Lipinski definition) is 3. The van der Waals surface area contributed by atoms with E-state index in [1.807, 2.05) is 6.08 Å². The lowest BCUT2D eigenvalue weighted by Crippen LogP contribution is -2.60. The van der Waals surface area contributed by atoms with Gasteiger partial charge in [0.25, 0.3) is 0 Å². The highest BCUT2D eigenvalue weighted by Gasteiger charge is 2.64. The largest absolute Gasteiger partial charge is 0.393 e. The van der Waals surface area contributed by atoms with Crippen LogP contribution in [-0.4, -0.2) is 28.2 Å². The molecule has 0 aromatic heterocycles. The van der Waals surface area contributed by atoms with Gasteiger partial charge in [0.1, 0.15) is 0 Å². The predicted molar refractivity (Wildman–Crippen MR) is 121 cm³/mol. The lowest BCUT2D eigenvalue weighted by molar-refractivity contribution is -0.168. The van der Waals surface area contributed by atoms with Gasteiger partial charge in [-0.15, -0.1) is 0 Å². The minimum absolute atomic E-state index is 0.0267. The Morgan fingerprint density at radius 2 is 1.83 bits per heavy atom. The number of fused-ring (bicyclic) bond motifs is 5. The van der Waals surface area contributed by atoms with Crippen molar-refractivity contribution in [3.05, 3.63) is 11.6 Å². The van der Waals surface area contributed by atoms with Crippen molar-refractivity contribution in [2.75, 3.05) is 0 Å². The summed E-state index contributed by atoms with van der Waals surface area (Å²) in [5.74, 6) is 3.11. The summed E-state index contributed by atoms with van der Waals surface area (Å²) in [6.45, 7) is 11.7. The van der Waals surface area contributed by atoms with Crippen molar-refractivity contribution < 1.29 is 15.0 Å². The quantitative estimate of drug-likeness (QED) is 0.619. The molecule has 0 aliphatic heterocycles. The van der Waals surface area contributed by atoms with E-state index in [0.717, 1.165) is 30.8 Å². The molecule has 3 heteroatoms. The van der Waals surface area contributed by atoms with E-state index < -0.39 is 0 Å². The molecule has 0 aromatic rings. The Morgan fingerprint density at radius 1 is 1.10 bits per heavy atom. The molecule has 0 heterocycles. The van der Waals surface area contributed by atoms with Crippen LogP contribution in [0.2, 0.25) is 0 Å². The third-order valence-electron chi connectivity index (χ3n) is 10.3. The van der Waals surface area contributed by atoms with Gasteiger partial charge in [0.2, 0.25) is 0 Å². The molecule has 0 spiro atoms. The van der Waals surface area contributed by atoms with E-state index in [-0.39, 0.29) is 34.7 Å². The van der Waals surface area contributed by atoms with Crippen LogP contribution in [0.1, 0.15) is 92.4 Å². The van der Waals surface area contributed by atoms with Gasteiger partial charge in [-0.05, 0) is 84.5 Å². The third-order valence-corrected chi connectivity index (χ3v) is 10.3. The van der Waals surface area contributed by atoms with Gasteiger partial charge in [-0.2, -0.15) is 0 Å². The molecule has 0 amide bonds. The van der Waals surface area contributed by atoms with E-state index in [1.54, 1.807) is 0 Å². The summed E-state index contributed by atoms with van der Waals surface area (Å²) in [4.78, 5) is 12.1. The first-order chi connectivity index (χ1) is 14.1. The van der Waals surface area contributed by atoms with Crippen LogP contribution >= 0.6 is 0 Å². The second-order valence-electron chi connectivity index (χ2n) is 12.2. The Balaban J connectivity index is 1.59. The molecule has 3 saturated carbocycles. The van der Waals surface area contributed by atoms with Gasteiger partial charge in [0, 0.05) is 6.42 Å². The first-order valence-corrected chi connectivity index (χ1v) is 12.7. The number of carbonyl (C=O) groups is 1. The smallest absolute Gasteiger partial charge is 0.155 e. The number of hydrogen-bond donors (Lipinski definition) is 2. The van der Waals surface area contributed by atoms with Crippen LogP contribution in [-0.2, 0) is 4.79 Å². The fourth-order valence-corrected chi connectivity index (χ4v) is 8.51. The van der Waals surface area contributed by atoms with Crippen molar-refractivity contribution in [2.24, 2.45) is 46.3 Å². The van der Waals surface area contributed by atoms with E-state index in [9.17, 15) is 15.0 Å². The maximum atomic E-state index is 12.1. The van der Waals surface area contributed by atoms with Crippen LogP contribution in [0.3, 0.4) is 0 Å². The summed E-state index contributed by atoms with van der Waals surface area (Å²) in [6, 6.07) is 0. The Kier molecular flexibility index (Phi) is 6.03. The lowest BCUT2D eigenvalue weighted by atomic mass is 9.45. The SMILES string of the molecule is CC(C)CCCC(C)C1CCC2C3C(O)CC4=CC(=O)CC[C@]4(C)C3CC(O)[C@]12C. The fourth-order valence-electron chi connectivity index (χ4n) is 8.51. The Morgan fingerprint density at radius 3 is 2.53 bits per heavy atom. The van der Waals surface area contributed by atoms with Crippen molar-refractivity contribution in [2.45, 2.75) is 105 Å². The molecule has 2 N–H and O–H groups in total. The van der Waals surface area contributed by atoms with Crippen LogP contribution in [0.15, 0.2) is 11.6 Å². The zero-order valence-electron chi connectivity index (χ0n) is 19.9. The molecular weight excluding hydrogens is 372 g/mol. The first-order valence-electron chi connectivity index (χ1n) is 12.7. The Hall–Kier alpha value is -0.670. The summed E-state index contributed by atoms with van der Waals surface area (Å²) in [5, 5.41) is 22.9. The predicted octanol–water partition coefficient (Wildman–Crippen LogP) is 5.54. The standard InChI is InChI=1S/C27H44O3/c1-16(2)7-6-8-17(3)20-9-10-21-25-22(15-24(30)27(20,21)5)26(4)12-11-19(28)13-18(26)14-23(25)29/h13,16-17,20-25,29-30H,6-12,14-15H2,1-5H3/t17?,20?,21?,22?,23?,24?,25?,26-,27+/m0/s1. The lowest BCUT2D eigenvalue weighted by Gasteiger charge is -2.61. The van der Waals surface area contributed by atoms with E-state index in [2.05, 4.69) is 34.6 Å². The average molecular weight is 417 g/mol. The molecule has 0 saturated heterocycles. The normalized spacial score (nSPS) is 46.8. The third kappa shape index (κ3) is 3.43. The molecule has 3 fully saturated rings. The number of carbonyl (C=O) groups excluding carboxylic acids is 1. The van der Waals surface area contributed by atoms with Crippen LogP contribution in [0.5, 0.6) is 0 Å². The molecule has 0 aromatic carbocycles. The topological polar surface area (TPSA) is 57.5 Å². The summed E-state index contributed by atoms with van der Waals surface area (Å²) in [6.07, 6.45) is 10.2. The minimum atomic E-state index is -0.368. The van der Waals surface area contributed by atoms with E-state index in [4.69, 9.17) is 0 Å². The van der Waals surface area contributed by atoms with Crippen LogP contribution in [0, 0.1) is 46.3 Å². The van der Waals surface area contributed by atoms with Gasteiger partial charge in [-0.25, -0.2) is 0 Å². The Labute approximate surface area is 183 Å². The second kappa shape index (κ2) is 8.03. The van der Waals surface area contributed by atoms with Gasteiger partial charge < -0.3 is 10.2 Å². The molecular formula is C27H44O3. The average Bonchev–Trinajstić information content (AvgIpc) is 3.02. The molecule has 4 rings (SSSR count). The fraction of sp³-hybridized carbons (Fsp3) is 0.889. The van der Waals surface area contributed by atoms with Crippen molar-refractivity contribution in [3.63, 3.8) is 0 Å². The maximum absolute atomic E-state index is 12.1. The number of rotatable bonds is 5. The van der Waals surface area contributed by atoms with Crippen LogP contribution in [0.25, 0.3) is 0 Å². The van der Waals surface area contributed by atoms with Crippen molar-refractivity contribution in [1.82, 2.24) is 0 Å². The number of aliphatic hydroxyl groups excluding tert-OH is 2. The highest BCUT2D eigenvalue weighted by molar-refractivity contribution is 5.91. The summed E-state index contributed by atoms with van der Waals surface area (Å²) >= 11 is 0. The molecule has 3 nitrogen and oxygen atoms in total. The van der Waals surface area contributed by atoms with Gasteiger partial charge in [-0.3, -0.25) is 4.79 Å². The molecule has 0 radical (unpaired) electrons. The van der Waals surface area contributed by atoms with E-state index >= 15 is 0 Å². The van der Waals surface area contributed by atoms with E-state index in [0.29, 0.717) is 36.5 Å². The first kappa shape index (κ1) is 22.5. The van der Waals surface area contributed by atoms with Gasteiger partial charge >= 0.3 is 0 Å². The van der Waals surface area contributed by atoms with Gasteiger partial charge in [0.15, 0.2) is 5.78 Å². The zero-order chi connectivity index (χ0) is 21.8. The van der Waals surface area contributed by atoms with Crippen molar-refractivity contribution >= 4 is 5.78 Å². The summed E-state index contributed by atoms with van der Waals surface area (Å²) < 4.78 is 0. The molecule has 30 heavy (non-hydrogen) atoms. The highest BCUT2D eigenvalue weighted by Crippen LogP contribution is 2.67. The van der Waals surface area contributed by atoms with Gasteiger partial charge in [0.05, 0.1) is 12.2 Å². The van der Waals surface area contributed by atoms with Crippen LogP contribution in [0.4, 0.5) is 0 Å². The second-order valence-corrected chi connectivity index (χ2v) is 12.2. The maximum Gasteiger partial charge on any atom is 0.155 e. The van der Waals surface area contributed by atoms with Gasteiger partial charge in [-0.1, -0.05) is 59.5 Å². The molecule has 4 aliphatic carbocycles. The molecule has 4 aliphatic rings.